The van der Waals surface area contributed by atoms with Crippen molar-refractivity contribution >= 4 is 49.7 Å². The molecule has 0 amide bonds. The highest BCUT2D eigenvalue weighted by Gasteiger charge is 2.19. The van der Waals surface area contributed by atoms with Crippen LogP contribution >= 0.6 is 11.8 Å². The minimum atomic E-state index is -0.0364. The van der Waals surface area contributed by atoms with Crippen molar-refractivity contribution in [1.29, 1.82) is 0 Å². The molecule has 3 heteroatoms. The van der Waals surface area contributed by atoms with Crippen LogP contribution in [-0.2, 0) is 6.42 Å². The van der Waals surface area contributed by atoms with Gasteiger partial charge in [-0.05, 0) is 117 Å². The Kier molecular flexibility index (Phi) is 8.80. The van der Waals surface area contributed by atoms with Crippen molar-refractivity contribution < 1.29 is 10.2 Å². The van der Waals surface area contributed by atoms with Gasteiger partial charge in [0.05, 0.1) is 0 Å². The van der Waals surface area contributed by atoms with E-state index < -0.39 is 0 Å². The highest BCUT2D eigenvalue weighted by molar-refractivity contribution is 7.99. The van der Waals surface area contributed by atoms with Crippen LogP contribution in [0.2, 0.25) is 0 Å². The number of thioether (sulfide) groups is 1. The Balaban J connectivity index is 1.39. The van der Waals surface area contributed by atoms with E-state index in [-0.39, 0.29) is 11.5 Å². The van der Waals surface area contributed by atoms with Crippen molar-refractivity contribution in [3.8, 4) is 33.8 Å². The lowest BCUT2D eigenvalue weighted by Gasteiger charge is -2.20. The fourth-order valence-electron chi connectivity index (χ4n) is 6.88. The number of aromatic hydroxyl groups is 2. The third-order valence-electron chi connectivity index (χ3n) is 9.28. The molecule has 0 bridgehead atoms. The van der Waals surface area contributed by atoms with Crippen LogP contribution in [0, 0.1) is 6.92 Å². The average Bonchev–Trinajstić information content (AvgIpc) is 3.12. The number of aryl methyl sites for hydroxylation is 1. The summed E-state index contributed by atoms with van der Waals surface area (Å²) < 4.78 is 0. The summed E-state index contributed by atoms with van der Waals surface area (Å²) in [6, 6.07) is 43.6. The Morgan fingerprint density at radius 3 is 1.94 bits per heavy atom. The van der Waals surface area contributed by atoms with E-state index in [1.165, 1.54) is 65.7 Å². The van der Waals surface area contributed by atoms with E-state index in [9.17, 15) is 10.2 Å². The van der Waals surface area contributed by atoms with Crippen LogP contribution in [0.25, 0.3) is 60.1 Å². The van der Waals surface area contributed by atoms with Gasteiger partial charge in [-0.2, -0.15) is 0 Å². The van der Waals surface area contributed by atoms with Crippen LogP contribution in [0.15, 0.2) is 144 Å². The molecule has 48 heavy (non-hydrogen) atoms. The maximum absolute atomic E-state index is 10.8. The Labute approximate surface area is 286 Å². The topological polar surface area (TPSA) is 40.5 Å². The third kappa shape index (κ3) is 5.76. The highest BCUT2D eigenvalue weighted by atomic mass is 32.2. The van der Waals surface area contributed by atoms with E-state index in [4.69, 9.17) is 0 Å². The van der Waals surface area contributed by atoms with Gasteiger partial charge in [-0.1, -0.05) is 121 Å². The first-order chi connectivity index (χ1) is 23.5. The van der Waals surface area contributed by atoms with Crippen molar-refractivity contribution in [1.82, 2.24) is 0 Å². The van der Waals surface area contributed by atoms with Gasteiger partial charge in [0.15, 0.2) is 11.5 Å². The van der Waals surface area contributed by atoms with Crippen LogP contribution in [0.1, 0.15) is 30.5 Å². The van der Waals surface area contributed by atoms with Crippen molar-refractivity contribution in [2.75, 3.05) is 5.75 Å². The summed E-state index contributed by atoms with van der Waals surface area (Å²) in [4.78, 5) is 0.986. The zero-order chi connectivity index (χ0) is 33.2. The molecule has 0 unspecified atom stereocenters. The van der Waals surface area contributed by atoms with Gasteiger partial charge in [0.25, 0.3) is 0 Å². The van der Waals surface area contributed by atoms with Gasteiger partial charge >= 0.3 is 0 Å². The smallest absolute Gasteiger partial charge is 0.162 e. The van der Waals surface area contributed by atoms with E-state index in [1.807, 2.05) is 32.1 Å². The lowest BCUT2D eigenvalue weighted by molar-refractivity contribution is 0.396. The van der Waals surface area contributed by atoms with Gasteiger partial charge < -0.3 is 10.2 Å². The molecule has 0 saturated carbocycles. The van der Waals surface area contributed by atoms with Crippen molar-refractivity contribution in [3.63, 3.8) is 0 Å². The molecule has 7 aromatic carbocycles. The molecule has 2 nitrogen and oxygen atoms in total. The van der Waals surface area contributed by atoms with Gasteiger partial charge in [-0.15, -0.1) is 11.8 Å². The van der Waals surface area contributed by atoms with E-state index in [2.05, 4.69) is 128 Å². The summed E-state index contributed by atoms with van der Waals surface area (Å²) in [5, 5.41) is 28.6. The Morgan fingerprint density at radius 1 is 0.667 bits per heavy atom. The number of benzene rings is 7. The van der Waals surface area contributed by atoms with Crippen LogP contribution in [0.3, 0.4) is 0 Å². The molecule has 0 atom stereocenters. The quantitative estimate of drug-likeness (QED) is 0.0750. The molecular weight excluding hydrogens is 605 g/mol. The summed E-state index contributed by atoms with van der Waals surface area (Å²) >= 11 is 1.69. The van der Waals surface area contributed by atoms with Crippen molar-refractivity contribution in [2.45, 2.75) is 32.1 Å². The number of hydrogen-bond acceptors (Lipinski definition) is 3. The second kappa shape index (κ2) is 13.5. The Morgan fingerprint density at radius 2 is 1.27 bits per heavy atom. The molecule has 0 aliphatic carbocycles. The number of allylic oxidation sites excluding steroid dienone is 3. The number of fused-ring (bicyclic) bond motifs is 3. The second-order valence-corrected chi connectivity index (χ2v) is 13.4. The first-order valence-electron chi connectivity index (χ1n) is 16.4. The molecule has 0 aliphatic heterocycles. The summed E-state index contributed by atoms with van der Waals surface area (Å²) in [5.74, 6) is 0.672. The van der Waals surface area contributed by atoms with E-state index in [0.29, 0.717) is 12.0 Å². The van der Waals surface area contributed by atoms with Crippen molar-refractivity contribution in [3.05, 3.63) is 156 Å². The standard InChI is InChI=1S/C45H38O2S/c1-4-5-18-39-41(26-30(3)44(46)45(39)47)48-25-24-29(2)42-35-20-11-13-22-37(35)43(38-23-14-12-21-36(38)42)40-28-33(31-15-7-6-8-16-31)27-32-17-9-10-19-34(32)40/h4-17,19-24,26-28,46-47H,18,25H2,1-3H3/b5-4-,29-24+. The minimum absolute atomic E-state index is 0.0206. The zero-order valence-electron chi connectivity index (χ0n) is 27.5. The molecule has 236 valence electrons. The summed E-state index contributed by atoms with van der Waals surface area (Å²) in [6.07, 6.45) is 6.84. The molecule has 0 aliphatic rings. The number of phenols is 2. The lowest BCUT2D eigenvalue weighted by atomic mass is 9.84. The first kappa shape index (κ1) is 31.4. The molecule has 7 rings (SSSR count). The van der Waals surface area contributed by atoms with Gasteiger partial charge in [0.2, 0.25) is 0 Å². The summed E-state index contributed by atoms with van der Waals surface area (Å²) in [6.45, 7) is 6.00. The van der Waals surface area contributed by atoms with Crippen LogP contribution < -0.4 is 0 Å². The fraction of sp³-hybridized carbons (Fsp3) is 0.111. The lowest BCUT2D eigenvalue weighted by Crippen LogP contribution is -1.94. The van der Waals surface area contributed by atoms with E-state index in [0.717, 1.165) is 16.2 Å². The molecule has 0 saturated heterocycles. The zero-order valence-corrected chi connectivity index (χ0v) is 28.3. The predicted octanol–water partition coefficient (Wildman–Crippen LogP) is 12.5. The summed E-state index contributed by atoms with van der Waals surface area (Å²) in [5.41, 5.74) is 8.79. The molecule has 7 aromatic rings. The maximum Gasteiger partial charge on any atom is 0.162 e. The normalized spacial score (nSPS) is 12.1. The van der Waals surface area contributed by atoms with Crippen molar-refractivity contribution in [2.24, 2.45) is 0 Å². The number of hydrogen-bond donors (Lipinski definition) is 2. The Bertz CT molecular complexity index is 2310. The minimum Gasteiger partial charge on any atom is -0.504 e. The van der Waals surface area contributed by atoms with Gasteiger partial charge in [-0.25, -0.2) is 0 Å². The predicted molar refractivity (Wildman–Crippen MR) is 207 cm³/mol. The van der Waals surface area contributed by atoms with Gasteiger partial charge in [0, 0.05) is 16.2 Å². The average molecular weight is 643 g/mol. The third-order valence-corrected chi connectivity index (χ3v) is 10.3. The molecule has 0 fully saturated rings. The van der Waals surface area contributed by atoms with E-state index >= 15 is 0 Å². The number of rotatable bonds is 8. The van der Waals surface area contributed by atoms with Crippen LogP contribution in [-0.4, -0.2) is 16.0 Å². The van der Waals surface area contributed by atoms with Crippen LogP contribution in [0.5, 0.6) is 11.5 Å². The number of phenolic OH excluding ortho intramolecular Hbond substituents is 2. The fourth-order valence-corrected chi connectivity index (χ4v) is 8.00. The van der Waals surface area contributed by atoms with Crippen LogP contribution in [0.4, 0.5) is 0 Å². The molecule has 0 heterocycles. The molecular formula is C45H38O2S. The summed E-state index contributed by atoms with van der Waals surface area (Å²) in [7, 11) is 0. The molecule has 0 aromatic heterocycles. The Hall–Kier alpha value is -5.25. The van der Waals surface area contributed by atoms with Gasteiger partial charge in [0.1, 0.15) is 0 Å². The molecule has 2 N–H and O–H groups in total. The van der Waals surface area contributed by atoms with Gasteiger partial charge in [-0.3, -0.25) is 0 Å². The largest absolute Gasteiger partial charge is 0.504 e. The first-order valence-corrected chi connectivity index (χ1v) is 17.4. The molecule has 0 spiro atoms. The maximum atomic E-state index is 10.8. The van der Waals surface area contributed by atoms with E-state index in [1.54, 1.807) is 11.8 Å². The molecule has 0 radical (unpaired) electrons. The SMILES string of the molecule is C/C=C\Cc1c(SC/C=C(\C)c2c3ccccc3c(-c3cc(-c4ccccc4)cc4ccccc34)c3ccccc23)cc(C)c(O)c1O. The monoisotopic (exact) mass is 642 g/mol. The second-order valence-electron chi connectivity index (χ2n) is 12.3. The highest BCUT2D eigenvalue weighted by Crippen LogP contribution is 2.45.